The molecular formula is C10H14N2O3. The second kappa shape index (κ2) is 4.02. The number of nitrogens with two attached hydrogens (primary N) is 1. The summed E-state index contributed by atoms with van der Waals surface area (Å²) in [7, 11) is 0. The molecule has 0 amide bonds. The Morgan fingerprint density at radius 1 is 1.60 bits per heavy atom. The molecule has 5 heteroatoms. The van der Waals surface area contributed by atoms with Crippen LogP contribution in [0.15, 0.2) is 10.8 Å². The number of hydrogen-bond acceptors (Lipinski definition) is 4. The van der Waals surface area contributed by atoms with Crippen molar-refractivity contribution in [1.82, 2.24) is 4.98 Å². The second-order valence-electron chi connectivity index (χ2n) is 3.94. The zero-order valence-electron chi connectivity index (χ0n) is 8.35. The maximum atomic E-state index is 10.8. The third kappa shape index (κ3) is 1.87. The normalized spacial score (nSPS) is 19.3. The van der Waals surface area contributed by atoms with Gasteiger partial charge in [-0.1, -0.05) is 12.8 Å². The molecule has 1 fully saturated rings. The van der Waals surface area contributed by atoms with Crippen molar-refractivity contribution >= 4 is 5.97 Å². The van der Waals surface area contributed by atoms with Gasteiger partial charge in [-0.05, 0) is 18.8 Å². The highest BCUT2D eigenvalue weighted by Gasteiger charge is 2.29. The molecule has 1 aromatic heterocycles. The molecule has 0 saturated heterocycles. The van der Waals surface area contributed by atoms with Crippen LogP contribution in [0.3, 0.4) is 0 Å². The van der Waals surface area contributed by atoms with Crippen LogP contribution in [0.2, 0.25) is 0 Å². The summed E-state index contributed by atoms with van der Waals surface area (Å²) in [6.07, 6.45) is 5.55. The van der Waals surface area contributed by atoms with E-state index in [1.807, 2.05) is 0 Å². The molecule has 1 heterocycles. The summed E-state index contributed by atoms with van der Waals surface area (Å²) in [5, 5.41) is 8.87. The van der Waals surface area contributed by atoms with Crippen LogP contribution in [0.1, 0.15) is 48.0 Å². The summed E-state index contributed by atoms with van der Waals surface area (Å²) >= 11 is 0. The molecule has 0 aliphatic heterocycles. The lowest BCUT2D eigenvalue weighted by Crippen LogP contribution is -2.21. The average molecular weight is 210 g/mol. The lowest BCUT2D eigenvalue weighted by molar-refractivity contribution is 0.0687. The third-order valence-electron chi connectivity index (χ3n) is 3.01. The summed E-state index contributed by atoms with van der Waals surface area (Å²) in [6.45, 7) is 0. The fraction of sp³-hybridized carbons (Fsp3) is 0.600. The fourth-order valence-corrected chi connectivity index (χ4v) is 2.18. The largest absolute Gasteiger partial charge is 0.476 e. The Hall–Kier alpha value is -1.36. The molecule has 0 bridgehead atoms. The van der Waals surface area contributed by atoms with E-state index in [0.29, 0.717) is 11.7 Å². The maximum absolute atomic E-state index is 10.8. The number of oxazole rings is 1. The fourth-order valence-electron chi connectivity index (χ4n) is 2.18. The van der Waals surface area contributed by atoms with Gasteiger partial charge in [0.15, 0.2) is 17.8 Å². The lowest BCUT2D eigenvalue weighted by atomic mass is 9.96. The molecule has 1 aliphatic rings. The van der Waals surface area contributed by atoms with Crippen LogP contribution in [0.5, 0.6) is 0 Å². The smallest absolute Gasteiger partial charge is 0.358 e. The molecule has 0 radical (unpaired) electrons. The van der Waals surface area contributed by atoms with Crippen LogP contribution in [0.25, 0.3) is 0 Å². The van der Waals surface area contributed by atoms with Gasteiger partial charge in [-0.15, -0.1) is 0 Å². The number of carboxylic acids is 1. The minimum atomic E-state index is -1.08. The monoisotopic (exact) mass is 210 g/mol. The first-order valence-corrected chi connectivity index (χ1v) is 5.12. The van der Waals surface area contributed by atoms with Crippen molar-refractivity contribution in [2.24, 2.45) is 11.7 Å². The van der Waals surface area contributed by atoms with Crippen molar-refractivity contribution in [2.75, 3.05) is 0 Å². The van der Waals surface area contributed by atoms with Crippen molar-refractivity contribution in [3.63, 3.8) is 0 Å². The zero-order valence-corrected chi connectivity index (χ0v) is 8.35. The van der Waals surface area contributed by atoms with Crippen molar-refractivity contribution in [3.8, 4) is 0 Å². The number of hydrogen-bond donors (Lipinski definition) is 2. The lowest BCUT2D eigenvalue weighted by Gasteiger charge is -2.16. The number of nitrogens with zero attached hydrogens (tertiary/aromatic N) is 1. The van der Waals surface area contributed by atoms with Gasteiger partial charge in [0.1, 0.15) is 0 Å². The van der Waals surface area contributed by atoms with Gasteiger partial charge in [0.2, 0.25) is 0 Å². The van der Waals surface area contributed by atoms with Crippen LogP contribution < -0.4 is 5.73 Å². The zero-order chi connectivity index (χ0) is 10.8. The first kappa shape index (κ1) is 10.2. The standard InChI is InChI=1S/C10H14N2O3/c11-7(6-3-1-2-4-6)9-8(10(13)14)12-5-15-9/h5-7H,1-4,11H2,(H,13,14). The molecule has 1 saturated carbocycles. The van der Waals surface area contributed by atoms with E-state index in [0.717, 1.165) is 32.1 Å². The minimum absolute atomic E-state index is 0.0469. The number of rotatable bonds is 3. The SMILES string of the molecule is NC(c1ocnc1C(=O)O)C1CCCC1. The molecule has 2 rings (SSSR count). The molecule has 5 nitrogen and oxygen atoms in total. The molecule has 1 aliphatic carbocycles. The highest BCUT2D eigenvalue weighted by molar-refractivity contribution is 5.86. The molecule has 1 unspecified atom stereocenters. The van der Waals surface area contributed by atoms with E-state index in [4.69, 9.17) is 15.3 Å². The first-order valence-electron chi connectivity index (χ1n) is 5.12. The third-order valence-corrected chi connectivity index (χ3v) is 3.01. The highest BCUT2D eigenvalue weighted by Crippen LogP contribution is 2.35. The Labute approximate surface area is 87.3 Å². The van der Waals surface area contributed by atoms with Crippen LogP contribution in [-0.2, 0) is 0 Å². The van der Waals surface area contributed by atoms with Gasteiger partial charge in [-0.25, -0.2) is 9.78 Å². The first-order chi connectivity index (χ1) is 7.20. The van der Waals surface area contributed by atoms with Gasteiger partial charge in [0.05, 0.1) is 6.04 Å². The highest BCUT2D eigenvalue weighted by atomic mass is 16.4. The van der Waals surface area contributed by atoms with Crippen LogP contribution in [-0.4, -0.2) is 16.1 Å². The van der Waals surface area contributed by atoms with Crippen molar-refractivity contribution < 1.29 is 14.3 Å². The van der Waals surface area contributed by atoms with Crippen LogP contribution >= 0.6 is 0 Å². The average Bonchev–Trinajstić information content (AvgIpc) is 2.88. The van der Waals surface area contributed by atoms with Crippen LogP contribution in [0.4, 0.5) is 0 Å². The molecule has 1 aromatic rings. The van der Waals surface area contributed by atoms with Crippen LogP contribution in [0, 0.1) is 5.92 Å². The molecular weight excluding hydrogens is 196 g/mol. The quantitative estimate of drug-likeness (QED) is 0.790. The Morgan fingerprint density at radius 2 is 2.27 bits per heavy atom. The van der Waals surface area contributed by atoms with Gasteiger partial charge in [-0.2, -0.15) is 0 Å². The van der Waals surface area contributed by atoms with Gasteiger partial charge in [0, 0.05) is 0 Å². The topological polar surface area (TPSA) is 89.4 Å². The van der Waals surface area contributed by atoms with Gasteiger partial charge >= 0.3 is 5.97 Å². The van der Waals surface area contributed by atoms with E-state index in [1.54, 1.807) is 0 Å². The molecule has 0 spiro atoms. The molecule has 82 valence electrons. The van der Waals surface area contributed by atoms with E-state index in [2.05, 4.69) is 4.98 Å². The van der Waals surface area contributed by atoms with Gasteiger partial charge < -0.3 is 15.3 Å². The number of aromatic nitrogens is 1. The summed E-state index contributed by atoms with van der Waals surface area (Å²) < 4.78 is 5.08. The Morgan fingerprint density at radius 3 is 2.87 bits per heavy atom. The van der Waals surface area contributed by atoms with Crippen molar-refractivity contribution in [2.45, 2.75) is 31.7 Å². The second-order valence-corrected chi connectivity index (χ2v) is 3.94. The number of aromatic carboxylic acids is 1. The van der Waals surface area contributed by atoms with Gasteiger partial charge in [-0.3, -0.25) is 0 Å². The Bertz CT molecular complexity index is 355. The molecule has 15 heavy (non-hydrogen) atoms. The van der Waals surface area contributed by atoms with Gasteiger partial charge in [0.25, 0.3) is 0 Å². The van der Waals surface area contributed by atoms with E-state index in [1.165, 1.54) is 0 Å². The minimum Gasteiger partial charge on any atom is -0.476 e. The van der Waals surface area contributed by atoms with E-state index in [-0.39, 0.29) is 11.7 Å². The summed E-state index contributed by atoms with van der Waals surface area (Å²) in [4.78, 5) is 14.5. The van der Waals surface area contributed by atoms with E-state index >= 15 is 0 Å². The number of carbonyl (C=O) groups is 1. The predicted octanol–water partition coefficient (Wildman–Crippen LogP) is 1.56. The summed E-state index contributed by atoms with van der Waals surface area (Å²) in [5.41, 5.74) is 5.94. The van der Waals surface area contributed by atoms with Crippen molar-refractivity contribution in [1.29, 1.82) is 0 Å². The Kier molecular flexibility index (Phi) is 2.73. The molecule has 3 N–H and O–H groups in total. The maximum Gasteiger partial charge on any atom is 0.358 e. The van der Waals surface area contributed by atoms with E-state index < -0.39 is 5.97 Å². The summed E-state index contributed by atoms with van der Waals surface area (Å²) in [5.74, 6) is -0.433. The van der Waals surface area contributed by atoms with Crippen molar-refractivity contribution in [3.05, 3.63) is 17.8 Å². The Balaban J connectivity index is 2.20. The molecule has 1 atom stereocenters. The number of carboxylic acid groups (broad SMARTS) is 1. The molecule has 0 aromatic carbocycles. The predicted molar refractivity (Wildman–Crippen MR) is 52.3 cm³/mol. The van der Waals surface area contributed by atoms with E-state index in [9.17, 15) is 4.79 Å². The summed E-state index contributed by atoms with van der Waals surface area (Å²) in [6, 6.07) is -0.332.